The number of nitrogens with one attached hydrogen (secondary N) is 1. The van der Waals surface area contributed by atoms with Gasteiger partial charge in [0.2, 0.25) is 0 Å². The van der Waals surface area contributed by atoms with E-state index in [1.807, 2.05) is 0 Å². The molecule has 0 unspecified atom stereocenters. The summed E-state index contributed by atoms with van der Waals surface area (Å²) >= 11 is 0. The van der Waals surface area contributed by atoms with Crippen LogP contribution in [-0.2, 0) is 4.84 Å². The SMILES string of the molecule is CON[C@H]1CCCOc2cc(C)c(C)cc21. The zero-order chi connectivity index (χ0) is 11.5. The summed E-state index contributed by atoms with van der Waals surface area (Å²) in [7, 11) is 1.66. The molecule has 2 rings (SSSR count). The Hall–Kier alpha value is -1.06. The molecule has 1 heterocycles. The summed E-state index contributed by atoms with van der Waals surface area (Å²) in [5.41, 5.74) is 6.83. The topological polar surface area (TPSA) is 30.5 Å². The number of benzene rings is 1. The van der Waals surface area contributed by atoms with Crippen LogP contribution in [0.3, 0.4) is 0 Å². The Labute approximate surface area is 96.7 Å². The van der Waals surface area contributed by atoms with Crippen molar-refractivity contribution >= 4 is 0 Å². The van der Waals surface area contributed by atoms with E-state index in [1.54, 1.807) is 7.11 Å². The molecule has 1 aromatic rings. The van der Waals surface area contributed by atoms with Gasteiger partial charge in [-0.25, -0.2) is 0 Å². The van der Waals surface area contributed by atoms with Gasteiger partial charge in [-0.05, 0) is 43.9 Å². The second-order valence-electron chi connectivity index (χ2n) is 4.34. The van der Waals surface area contributed by atoms with Crippen molar-refractivity contribution < 1.29 is 9.57 Å². The molecule has 1 N–H and O–H groups in total. The fraction of sp³-hybridized carbons (Fsp3) is 0.538. The summed E-state index contributed by atoms with van der Waals surface area (Å²) in [5.74, 6) is 0.996. The molecule has 0 radical (unpaired) electrons. The number of ether oxygens (including phenoxy) is 1. The summed E-state index contributed by atoms with van der Waals surface area (Å²) in [4.78, 5) is 5.06. The number of fused-ring (bicyclic) bond motifs is 1. The van der Waals surface area contributed by atoms with Crippen molar-refractivity contribution in [3.63, 3.8) is 0 Å². The van der Waals surface area contributed by atoms with Gasteiger partial charge in [-0.2, -0.15) is 5.48 Å². The highest BCUT2D eigenvalue weighted by Gasteiger charge is 2.20. The van der Waals surface area contributed by atoms with Crippen LogP contribution in [0.25, 0.3) is 0 Å². The third-order valence-corrected chi connectivity index (χ3v) is 3.16. The van der Waals surface area contributed by atoms with Crippen LogP contribution in [0.15, 0.2) is 12.1 Å². The molecule has 0 spiro atoms. The second-order valence-corrected chi connectivity index (χ2v) is 4.34. The first kappa shape index (κ1) is 11.4. The summed E-state index contributed by atoms with van der Waals surface area (Å²) in [6.45, 7) is 5.03. The second kappa shape index (κ2) is 4.85. The lowest BCUT2D eigenvalue weighted by atomic mass is 9.98. The minimum Gasteiger partial charge on any atom is -0.493 e. The van der Waals surface area contributed by atoms with Gasteiger partial charge in [0, 0.05) is 5.56 Å². The van der Waals surface area contributed by atoms with E-state index in [1.165, 1.54) is 16.7 Å². The quantitative estimate of drug-likeness (QED) is 0.779. The van der Waals surface area contributed by atoms with Gasteiger partial charge in [0.05, 0.1) is 19.8 Å². The van der Waals surface area contributed by atoms with Crippen molar-refractivity contribution in [1.82, 2.24) is 5.48 Å². The lowest BCUT2D eigenvalue weighted by Crippen LogP contribution is -2.19. The minimum atomic E-state index is 0.238. The van der Waals surface area contributed by atoms with Crippen LogP contribution in [0.2, 0.25) is 0 Å². The first-order chi connectivity index (χ1) is 7.72. The van der Waals surface area contributed by atoms with Gasteiger partial charge in [-0.15, -0.1) is 0 Å². The molecule has 0 saturated heterocycles. The first-order valence-corrected chi connectivity index (χ1v) is 5.75. The van der Waals surface area contributed by atoms with Gasteiger partial charge in [0.25, 0.3) is 0 Å². The van der Waals surface area contributed by atoms with E-state index in [-0.39, 0.29) is 6.04 Å². The summed E-state index contributed by atoms with van der Waals surface area (Å²) < 4.78 is 5.77. The molecular weight excluding hydrogens is 202 g/mol. The van der Waals surface area contributed by atoms with Crippen LogP contribution >= 0.6 is 0 Å². The highest BCUT2D eigenvalue weighted by atomic mass is 16.6. The van der Waals surface area contributed by atoms with Crippen LogP contribution in [0, 0.1) is 13.8 Å². The molecule has 3 heteroatoms. The molecule has 0 amide bonds. The first-order valence-electron chi connectivity index (χ1n) is 5.75. The Balaban J connectivity index is 2.39. The van der Waals surface area contributed by atoms with E-state index in [0.717, 1.165) is 25.2 Å². The molecule has 0 fully saturated rings. The van der Waals surface area contributed by atoms with Gasteiger partial charge in [-0.3, -0.25) is 0 Å². The molecular formula is C13H19NO2. The Morgan fingerprint density at radius 1 is 1.31 bits per heavy atom. The monoisotopic (exact) mass is 221 g/mol. The number of hydroxylamine groups is 1. The maximum atomic E-state index is 5.77. The van der Waals surface area contributed by atoms with Gasteiger partial charge in [0.15, 0.2) is 0 Å². The Morgan fingerprint density at radius 3 is 2.81 bits per heavy atom. The van der Waals surface area contributed by atoms with E-state index in [0.29, 0.717) is 0 Å². The fourth-order valence-electron chi connectivity index (χ4n) is 2.10. The fourth-order valence-corrected chi connectivity index (χ4v) is 2.10. The van der Waals surface area contributed by atoms with Crippen molar-refractivity contribution in [1.29, 1.82) is 0 Å². The highest BCUT2D eigenvalue weighted by molar-refractivity contribution is 5.43. The molecule has 16 heavy (non-hydrogen) atoms. The molecule has 1 aliphatic rings. The molecule has 3 nitrogen and oxygen atoms in total. The molecule has 1 aliphatic heterocycles. The summed E-state index contributed by atoms with van der Waals surface area (Å²) in [6.07, 6.45) is 2.09. The Bertz CT molecular complexity index is 376. The molecule has 0 aromatic heterocycles. The summed E-state index contributed by atoms with van der Waals surface area (Å²) in [5, 5.41) is 0. The van der Waals surface area contributed by atoms with Crippen molar-refractivity contribution in [2.24, 2.45) is 0 Å². The van der Waals surface area contributed by atoms with Crippen LogP contribution in [0.4, 0.5) is 0 Å². The predicted octanol–water partition coefficient (Wildman–Crippen LogP) is 2.67. The number of hydrogen-bond donors (Lipinski definition) is 1. The standard InChI is InChI=1S/C13H19NO2/c1-9-7-11-12(14-15-3)5-4-6-16-13(11)8-10(9)2/h7-8,12,14H,4-6H2,1-3H3/t12-/m0/s1. The minimum absolute atomic E-state index is 0.238. The molecule has 1 atom stereocenters. The third-order valence-electron chi connectivity index (χ3n) is 3.16. The van der Waals surface area contributed by atoms with Crippen LogP contribution < -0.4 is 10.2 Å². The smallest absolute Gasteiger partial charge is 0.124 e. The average molecular weight is 221 g/mol. The van der Waals surface area contributed by atoms with Crippen LogP contribution in [0.1, 0.15) is 35.6 Å². The molecule has 0 saturated carbocycles. The zero-order valence-electron chi connectivity index (χ0n) is 10.2. The number of hydrogen-bond acceptors (Lipinski definition) is 3. The van der Waals surface area contributed by atoms with Gasteiger partial charge >= 0.3 is 0 Å². The van der Waals surface area contributed by atoms with Crippen LogP contribution in [0.5, 0.6) is 5.75 Å². The molecule has 88 valence electrons. The number of rotatable bonds is 2. The lowest BCUT2D eigenvalue weighted by molar-refractivity contribution is 0.0579. The Kier molecular flexibility index (Phi) is 3.46. The van der Waals surface area contributed by atoms with Crippen molar-refractivity contribution in [3.05, 3.63) is 28.8 Å². The molecule has 1 aromatic carbocycles. The normalized spacial score (nSPS) is 19.8. The van der Waals surface area contributed by atoms with E-state index < -0.39 is 0 Å². The van der Waals surface area contributed by atoms with Crippen LogP contribution in [-0.4, -0.2) is 13.7 Å². The maximum absolute atomic E-state index is 5.77. The number of aryl methyl sites for hydroxylation is 2. The van der Waals surface area contributed by atoms with Crippen molar-refractivity contribution in [2.45, 2.75) is 32.7 Å². The average Bonchev–Trinajstić information content (AvgIpc) is 2.44. The Morgan fingerprint density at radius 2 is 2.06 bits per heavy atom. The zero-order valence-corrected chi connectivity index (χ0v) is 10.2. The summed E-state index contributed by atoms with van der Waals surface area (Å²) in [6, 6.07) is 4.56. The van der Waals surface area contributed by atoms with Gasteiger partial charge in [-0.1, -0.05) is 6.07 Å². The maximum Gasteiger partial charge on any atom is 0.124 e. The third kappa shape index (κ3) is 2.20. The van der Waals surface area contributed by atoms with Gasteiger partial charge < -0.3 is 9.57 Å². The van der Waals surface area contributed by atoms with E-state index >= 15 is 0 Å². The van der Waals surface area contributed by atoms with E-state index in [4.69, 9.17) is 9.57 Å². The highest BCUT2D eigenvalue weighted by Crippen LogP contribution is 2.33. The van der Waals surface area contributed by atoms with E-state index in [2.05, 4.69) is 31.5 Å². The van der Waals surface area contributed by atoms with Gasteiger partial charge in [0.1, 0.15) is 5.75 Å². The molecule has 0 bridgehead atoms. The van der Waals surface area contributed by atoms with Crippen molar-refractivity contribution in [3.8, 4) is 5.75 Å². The van der Waals surface area contributed by atoms with Crippen molar-refractivity contribution in [2.75, 3.05) is 13.7 Å². The lowest BCUT2D eigenvalue weighted by Gasteiger charge is -2.18. The predicted molar refractivity (Wildman–Crippen MR) is 63.5 cm³/mol. The van der Waals surface area contributed by atoms with E-state index in [9.17, 15) is 0 Å². The largest absolute Gasteiger partial charge is 0.493 e. The molecule has 0 aliphatic carbocycles.